The highest BCUT2D eigenvalue weighted by Gasteiger charge is 2.39. The minimum Gasteiger partial charge on any atom is -0.355 e. The first-order valence-electron chi connectivity index (χ1n) is 12.6. The quantitative estimate of drug-likeness (QED) is 0.483. The number of nitrogens with one attached hydrogen (secondary N) is 1. The molecule has 190 valence electrons. The highest BCUT2D eigenvalue weighted by atomic mass is 32.2. The lowest BCUT2D eigenvalue weighted by Crippen LogP contribution is -2.42. The number of carbonyl (C=O) groups is 2. The molecule has 0 saturated heterocycles. The molecule has 6 nitrogen and oxygen atoms in total. The summed E-state index contributed by atoms with van der Waals surface area (Å²) < 4.78 is 1.88. The molecule has 1 aliphatic rings. The third-order valence-electron chi connectivity index (χ3n) is 6.26. The van der Waals surface area contributed by atoms with E-state index in [1.807, 2.05) is 36.7 Å². The second kappa shape index (κ2) is 10.5. The Kier molecular flexibility index (Phi) is 7.59. The Bertz CT molecular complexity index is 1270. The number of nitrogens with zero attached hydrogens (tertiary/aromatic N) is 3. The van der Waals surface area contributed by atoms with Crippen LogP contribution >= 0.6 is 11.8 Å². The first-order chi connectivity index (χ1) is 17.1. The Hall–Kier alpha value is -3.06. The molecule has 4 rings (SSSR count). The number of thioether (sulfide) groups is 1. The van der Waals surface area contributed by atoms with Crippen LogP contribution in [0.25, 0.3) is 5.69 Å². The van der Waals surface area contributed by atoms with Gasteiger partial charge in [0.15, 0.2) is 0 Å². The largest absolute Gasteiger partial charge is 0.355 e. The van der Waals surface area contributed by atoms with Gasteiger partial charge in [-0.05, 0) is 43.5 Å². The highest BCUT2D eigenvalue weighted by Crippen LogP contribution is 2.48. The van der Waals surface area contributed by atoms with E-state index in [2.05, 4.69) is 63.3 Å². The molecule has 2 aromatic carbocycles. The first kappa shape index (κ1) is 26.0. The van der Waals surface area contributed by atoms with E-state index in [1.54, 1.807) is 16.7 Å². The van der Waals surface area contributed by atoms with Crippen LogP contribution < -0.4 is 10.2 Å². The molecule has 36 heavy (non-hydrogen) atoms. The van der Waals surface area contributed by atoms with E-state index < -0.39 is 0 Å². The van der Waals surface area contributed by atoms with Crippen LogP contribution in [0.2, 0.25) is 0 Å². The zero-order valence-electron chi connectivity index (χ0n) is 22.1. The van der Waals surface area contributed by atoms with Crippen molar-refractivity contribution in [1.82, 2.24) is 15.1 Å². The van der Waals surface area contributed by atoms with E-state index in [4.69, 9.17) is 5.10 Å². The Labute approximate surface area is 218 Å². The average molecular weight is 505 g/mol. The van der Waals surface area contributed by atoms with Crippen LogP contribution in [0.15, 0.2) is 48.5 Å². The van der Waals surface area contributed by atoms with Gasteiger partial charge in [-0.1, -0.05) is 69.7 Å². The zero-order chi connectivity index (χ0) is 26.0. The number of benzene rings is 2. The van der Waals surface area contributed by atoms with Crippen molar-refractivity contribution in [2.24, 2.45) is 0 Å². The molecule has 0 radical (unpaired) electrons. The molecule has 2 amide bonds. The van der Waals surface area contributed by atoms with Crippen molar-refractivity contribution in [3.8, 4) is 5.69 Å². The second-order valence-electron chi connectivity index (χ2n) is 10.5. The van der Waals surface area contributed by atoms with Crippen molar-refractivity contribution in [3.05, 3.63) is 76.5 Å². The number of amides is 2. The Balaban J connectivity index is 2.00. The van der Waals surface area contributed by atoms with Crippen LogP contribution in [0.5, 0.6) is 0 Å². The van der Waals surface area contributed by atoms with E-state index in [0.717, 1.165) is 34.5 Å². The lowest BCUT2D eigenvalue weighted by atomic mass is 9.87. The summed E-state index contributed by atoms with van der Waals surface area (Å²) in [4.78, 5) is 28.2. The van der Waals surface area contributed by atoms with Crippen molar-refractivity contribution in [3.63, 3.8) is 0 Å². The summed E-state index contributed by atoms with van der Waals surface area (Å²) in [6.45, 7) is 13.1. The summed E-state index contributed by atoms with van der Waals surface area (Å²) in [7, 11) is 0. The first-order valence-corrected chi connectivity index (χ1v) is 13.6. The molecule has 0 spiro atoms. The van der Waals surface area contributed by atoms with Gasteiger partial charge in [-0.25, -0.2) is 4.68 Å². The Morgan fingerprint density at radius 3 is 2.44 bits per heavy atom. The van der Waals surface area contributed by atoms with Crippen molar-refractivity contribution in [2.75, 3.05) is 23.7 Å². The molecule has 0 unspecified atom stereocenters. The van der Waals surface area contributed by atoms with Gasteiger partial charge in [0.25, 0.3) is 0 Å². The molecule has 7 heteroatoms. The maximum absolute atomic E-state index is 13.6. The van der Waals surface area contributed by atoms with Gasteiger partial charge in [-0.15, -0.1) is 11.8 Å². The van der Waals surface area contributed by atoms with E-state index >= 15 is 0 Å². The van der Waals surface area contributed by atoms with Crippen LogP contribution in [0.4, 0.5) is 5.82 Å². The molecular weight excluding hydrogens is 468 g/mol. The SMILES string of the molecule is CCCNC(=O)CN1C(=O)CS[C@@H](c2cccc(C)c2)c2c(C(C)(C)C)nn(-c3cccc(C)c3)c21. The number of carbonyl (C=O) groups excluding carboxylic acids is 2. The number of aryl methyl sites for hydroxylation is 2. The lowest BCUT2D eigenvalue weighted by Gasteiger charge is -2.24. The molecule has 1 atom stereocenters. The molecular formula is C29H36N4O2S. The predicted molar refractivity (Wildman–Crippen MR) is 148 cm³/mol. The maximum atomic E-state index is 13.6. The van der Waals surface area contributed by atoms with E-state index in [0.29, 0.717) is 12.4 Å². The Morgan fingerprint density at radius 2 is 1.81 bits per heavy atom. The van der Waals surface area contributed by atoms with Crippen LogP contribution in [-0.2, 0) is 15.0 Å². The summed E-state index contributed by atoms with van der Waals surface area (Å²) in [5.41, 5.74) is 5.96. The third kappa shape index (κ3) is 5.36. The van der Waals surface area contributed by atoms with Gasteiger partial charge in [0.05, 0.1) is 22.4 Å². The van der Waals surface area contributed by atoms with Gasteiger partial charge in [-0.3, -0.25) is 14.5 Å². The average Bonchev–Trinajstić information content (AvgIpc) is 3.16. The maximum Gasteiger partial charge on any atom is 0.240 e. The minimum atomic E-state index is -0.272. The second-order valence-corrected chi connectivity index (χ2v) is 11.6. The summed E-state index contributed by atoms with van der Waals surface area (Å²) in [6, 6.07) is 16.6. The normalized spacial score (nSPS) is 16.0. The van der Waals surface area contributed by atoms with Gasteiger partial charge in [0.1, 0.15) is 12.4 Å². The summed E-state index contributed by atoms with van der Waals surface area (Å²) in [5.74, 6) is 0.728. The number of fused-ring (bicyclic) bond motifs is 1. The third-order valence-corrected chi connectivity index (χ3v) is 7.52. The molecule has 0 aliphatic carbocycles. The standard InChI is InChI=1S/C29H36N4O2S/c1-7-14-30-23(34)17-32-24(35)18-36-26(21-12-8-10-19(2)15-21)25-27(29(4,5)6)31-33(28(25)32)22-13-9-11-20(3)16-22/h8-13,15-16,26H,7,14,17-18H2,1-6H3,(H,30,34)/t26-/m0/s1. The van der Waals surface area contributed by atoms with E-state index in [1.165, 1.54) is 5.56 Å². The van der Waals surface area contributed by atoms with Crippen LogP contribution in [0.3, 0.4) is 0 Å². The van der Waals surface area contributed by atoms with Gasteiger partial charge in [-0.2, -0.15) is 5.10 Å². The van der Waals surface area contributed by atoms with E-state index in [9.17, 15) is 9.59 Å². The van der Waals surface area contributed by atoms with Gasteiger partial charge in [0.2, 0.25) is 11.8 Å². The number of aromatic nitrogens is 2. The minimum absolute atomic E-state index is 0.0337. The smallest absolute Gasteiger partial charge is 0.240 e. The summed E-state index contributed by atoms with van der Waals surface area (Å²) in [5, 5.41) is 8.00. The highest BCUT2D eigenvalue weighted by molar-refractivity contribution is 8.00. The number of hydrogen-bond acceptors (Lipinski definition) is 4. The monoisotopic (exact) mass is 504 g/mol. The lowest BCUT2D eigenvalue weighted by molar-refractivity contribution is -0.122. The molecule has 1 aromatic heterocycles. The topological polar surface area (TPSA) is 67.2 Å². The van der Waals surface area contributed by atoms with Crippen LogP contribution in [0, 0.1) is 13.8 Å². The van der Waals surface area contributed by atoms with Crippen LogP contribution in [-0.4, -0.2) is 40.4 Å². The zero-order valence-corrected chi connectivity index (χ0v) is 22.9. The van der Waals surface area contributed by atoms with Gasteiger partial charge in [0, 0.05) is 17.5 Å². The van der Waals surface area contributed by atoms with E-state index in [-0.39, 0.29) is 34.8 Å². The van der Waals surface area contributed by atoms with Crippen molar-refractivity contribution in [2.45, 2.75) is 58.6 Å². The molecule has 2 heterocycles. The summed E-state index contributed by atoms with van der Waals surface area (Å²) in [6.07, 6.45) is 0.839. The van der Waals surface area contributed by atoms with Crippen LogP contribution in [0.1, 0.15) is 67.3 Å². The number of rotatable bonds is 6. The Morgan fingerprint density at radius 1 is 1.11 bits per heavy atom. The molecule has 0 bridgehead atoms. The fourth-order valence-corrected chi connectivity index (χ4v) is 5.76. The fourth-order valence-electron chi connectivity index (χ4n) is 4.57. The number of anilines is 1. The molecule has 1 aliphatic heterocycles. The molecule has 1 N–H and O–H groups in total. The predicted octanol–water partition coefficient (Wildman–Crippen LogP) is 5.48. The van der Waals surface area contributed by atoms with Crippen molar-refractivity contribution in [1.29, 1.82) is 0 Å². The molecule has 0 saturated carbocycles. The number of hydrogen-bond donors (Lipinski definition) is 1. The fraction of sp³-hybridized carbons (Fsp3) is 0.414. The molecule has 0 fully saturated rings. The van der Waals surface area contributed by atoms with Crippen molar-refractivity contribution < 1.29 is 9.59 Å². The van der Waals surface area contributed by atoms with Crippen molar-refractivity contribution >= 4 is 29.4 Å². The summed E-state index contributed by atoms with van der Waals surface area (Å²) >= 11 is 1.61. The van der Waals surface area contributed by atoms with Gasteiger partial charge >= 0.3 is 0 Å². The van der Waals surface area contributed by atoms with Gasteiger partial charge < -0.3 is 5.32 Å². The molecule has 3 aromatic rings.